The third-order valence-corrected chi connectivity index (χ3v) is 2.92. The maximum absolute atomic E-state index is 13.4. The lowest BCUT2D eigenvalue weighted by molar-refractivity contribution is 0.168. The van der Waals surface area contributed by atoms with Crippen LogP contribution in [0.5, 0.6) is 0 Å². The lowest BCUT2D eigenvalue weighted by Crippen LogP contribution is -2.20. The molecule has 5 N–H and O–H groups in total. The Morgan fingerprint density at radius 2 is 2.41 bits per heavy atom. The smallest absolute Gasteiger partial charge is 0.347 e. The molecule has 0 radical (unpaired) electrons. The van der Waals surface area contributed by atoms with Crippen molar-refractivity contribution in [1.29, 1.82) is 0 Å². The zero-order chi connectivity index (χ0) is 13.2. The molecule has 1 aromatic heterocycles. The van der Waals surface area contributed by atoms with Crippen molar-refractivity contribution in [3.63, 3.8) is 0 Å². The minimum Gasteiger partial charge on any atom is -0.391 e. The van der Waals surface area contributed by atoms with Gasteiger partial charge in [-0.15, -0.1) is 4.36 Å². The first kappa shape index (κ1) is 13.5. The first-order chi connectivity index (χ1) is 7.72. The van der Waals surface area contributed by atoms with E-state index in [-0.39, 0.29) is 6.54 Å². The third kappa shape index (κ3) is 3.47. The maximum atomic E-state index is 13.4. The summed E-state index contributed by atoms with van der Waals surface area (Å²) in [6.07, 6.45) is 0.120. The van der Waals surface area contributed by atoms with Crippen LogP contribution in [0.2, 0.25) is 0 Å². The molecule has 0 fully saturated rings. The molecule has 1 heterocycles. The van der Waals surface area contributed by atoms with E-state index < -0.39 is 32.9 Å². The van der Waals surface area contributed by atoms with Gasteiger partial charge in [0, 0.05) is 0 Å². The normalized spacial score (nSPS) is 16.2. The van der Waals surface area contributed by atoms with Gasteiger partial charge in [-0.1, -0.05) is 0 Å². The number of carbonyl (C=O) groups excluding carboxylic acids is 1. The SMILES string of the molecule is C[C@@H](O)Cn1cc(F)c(S(N)(=O)=NC(N)=O)n1. The zero-order valence-corrected chi connectivity index (χ0v) is 9.72. The van der Waals surface area contributed by atoms with E-state index in [0.717, 1.165) is 10.9 Å². The highest BCUT2D eigenvalue weighted by Gasteiger charge is 2.19. The fourth-order valence-electron chi connectivity index (χ4n) is 1.12. The molecule has 0 bridgehead atoms. The second-order valence-electron chi connectivity index (χ2n) is 3.35. The summed E-state index contributed by atoms with van der Waals surface area (Å²) in [5, 5.41) is 17.1. The second-order valence-corrected chi connectivity index (χ2v) is 5.06. The number of aliphatic hydroxyl groups excluding tert-OH is 1. The highest BCUT2D eigenvalue weighted by atomic mass is 32.2. The fourth-order valence-corrected chi connectivity index (χ4v) is 2.03. The highest BCUT2D eigenvalue weighted by molar-refractivity contribution is 7.91. The van der Waals surface area contributed by atoms with E-state index in [2.05, 4.69) is 9.46 Å². The second kappa shape index (κ2) is 4.77. The van der Waals surface area contributed by atoms with Crippen molar-refractivity contribution in [2.45, 2.75) is 24.6 Å². The number of hydrogen-bond donors (Lipinski definition) is 3. The molecule has 10 heteroatoms. The van der Waals surface area contributed by atoms with Gasteiger partial charge in [-0.05, 0) is 6.92 Å². The van der Waals surface area contributed by atoms with E-state index in [4.69, 9.17) is 16.0 Å². The lowest BCUT2D eigenvalue weighted by atomic mass is 10.4. The topological polar surface area (TPSA) is 137 Å². The number of amides is 2. The number of aliphatic hydroxyl groups is 1. The molecule has 2 amide bonds. The monoisotopic (exact) mass is 265 g/mol. The summed E-state index contributed by atoms with van der Waals surface area (Å²) >= 11 is 0. The van der Waals surface area contributed by atoms with Crippen LogP contribution in [0.15, 0.2) is 15.6 Å². The summed E-state index contributed by atoms with van der Waals surface area (Å²) in [4.78, 5) is 10.5. The Labute approximate surface area is 96.7 Å². The molecule has 96 valence electrons. The number of halogens is 1. The number of carbonyl (C=O) groups is 1. The van der Waals surface area contributed by atoms with E-state index >= 15 is 0 Å². The Balaban J connectivity index is 3.20. The van der Waals surface area contributed by atoms with Crippen molar-refractivity contribution >= 4 is 15.9 Å². The average molecular weight is 265 g/mol. The van der Waals surface area contributed by atoms with Crippen molar-refractivity contribution in [2.75, 3.05) is 0 Å². The Bertz CT molecular complexity index is 546. The number of aromatic nitrogens is 2. The van der Waals surface area contributed by atoms with Gasteiger partial charge in [-0.3, -0.25) is 4.68 Å². The van der Waals surface area contributed by atoms with Crippen LogP contribution in [0.25, 0.3) is 0 Å². The molecule has 0 aromatic carbocycles. The van der Waals surface area contributed by atoms with E-state index in [1.54, 1.807) is 0 Å². The van der Waals surface area contributed by atoms with E-state index in [0.29, 0.717) is 0 Å². The predicted molar refractivity (Wildman–Crippen MR) is 56.5 cm³/mol. The van der Waals surface area contributed by atoms with Crippen LogP contribution in [0.3, 0.4) is 0 Å². The van der Waals surface area contributed by atoms with Crippen LogP contribution < -0.4 is 10.9 Å². The molecule has 17 heavy (non-hydrogen) atoms. The summed E-state index contributed by atoms with van der Waals surface area (Å²) in [5.74, 6) is -0.983. The molecular formula is C7H12FN5O3S. The van der Waals surface area contributed by atoms with Crippen LogP contribution >= 0.6 is 0 Å². The van der Waals surface area contributed by atoms with E-state index in [1.165, 1.54) is 6.92 Å². The van der Waals surface area contributed by atoms with Gasteiger partial charge in [0.25, 0.3) is 0 Å². The molecule has 0 aliphatic heterocycles. The molecule has 8 nitrogen and oxygen atoms in total. The Kier molecular flexibility index (Phi) is 3.80. The molecule has 0 saturated carbocycles. The van der Waals surface area contributed by atoms with E-state index in [1.807, 2.05) is 0 Å². The summed E-state index contributed by atoms with van der Waals surface area (Å²) < 4.78 is 28.9. The molecule has 2 atom stereocenters. The molecule has 1 unspecified atom stereocenters. The summed E-state index contributed by atoms with van der Waals surface area (Å²) in [7, 11) is -3.79. The minimum atomic E-state index is -3.79. The van der Waals surface area contributed by atoms with Crippen molar-refractivity contribution in [2.24, 2.45) is 15.2 Å². The zero-order valence-electron chi connectivity index (χ0n) is 8.91. The molecule has 0 aliphatic carbocycles. The lowest BCUT2D eigenvalue weighted by Gasteiger charge is -2.03. The third-order valence-electron chi connectivity index (χ3n) is 1.64. The molecule has 1 rings (SSSR count). The largest absolute Gasteiger partial charge is 0.391 e. The van der Waals surface area contributed by atoms with Gasteiger partial charge in [-0.25, -0.2) is 18.5 Å². The minimum absolute atomic E-state index is 0.0109. The van der Waals surface area contributed by atoms with Gasteiger partial charge < -0.3 is 10.8 Å². The summed E-state index contributed by atoms with van der Waals surface area (Å²) in [6, 6.07) is -1.28. The molecule has 1 aromatic rings. The fraction of sp³-hybridized carbons (Fsp3) is 0.429. The quantitative estimate of drug-likeness (QED) is 0.657. The van der Waals surface area contributed by atoms with Crippen molar-refractivity contribution < 1.29 is 18.5 Å². The Morgan fingerprint density at radius 3 is 2.88 bits per heavy atom. The van der Waals surface area contributed by atoms with Gasteiger partial charge >= 0.3 is 6.03 Å². The number of hydrogen-bond acceptors (Lipinski definition) is 4. The number of urea groups is 1. The number of nitrogens with two attached hydrogens (primary N) is 2. The van der Waals surface area contributed by atoms with Crippen LogP contribution in [0, 0.1) is 5.82 Å². The molecule has 0 aliphatic rings. The number of nitrogens with zero attached hydrogens (tertiary/aromatic N) is 3. The van der Waals surface area contributed by atoms with Crippen molar-refractivity contribution in [3.05, 3.63) is 12.0 Å². The molecular weight excluding hydrogens is 253 g/mol. The molecule has 0 saturated heterocycles. The predicted octanol–water partition coefficient (Wildman–Crippen LogP) is -0.818. The van der Waals surface area contributed by atoms with Crippen molar-refractivity contribution in [1.82, 2.24) is 9.78 Å². The van der Waals surface area contributed by atoms with Crippen LogP contribution in [0.1, 0.15) is 6.92 Å². The van der Waals surface area contributed by atoms with Crippen LogP contribution in [-0.2, 0) is 16.5 Å². The van der Waals surface area contributed by atoms with Gasteiger partial charge in [0.05, 0.1) is 18.8 Å². The van der Waals surface area contributed by atoms with Crippen LogP contribution in [-0.4, -0.2) is 31.2 Å². The summed E-state index contributed by atoms with van der Waals surface area (Å²) in [5.41, 5.74) is 4.69. The maximum Gasteiger partial charge on any atom is 0.347 e. The van der Waals surface area contributed by atoms with Gasteiger partial charge in [-0.2, -0.15) is 5.10 Å². The first-order valence-electron chi connectivity index (χ1n) is 4.47. The van der Waals surface area contributed by atoms with Gasteiger partial charge in [0.1, 0.15) is 0 Å². The van der Waals surface area contributed by atoms with Crippen LogP contribution in [0.4, 0.5) is 9.18 Å². The van der Waals surface area contributed by atoms with E-state index in [9.17, 15) is 13.4 Å². The number of primary amides is 1. The Hall–Kier alpha value is -1.52. The number of rotatable bonds is 3. The van der Waals surface area contributed by atoms with Gasteiger partial charge in [0.15, 0.2) is 15.7 Å². The standard InChI is InChI=1S/C7H12FN5O3S/c1-4(14)2-13-3-5(8)6(11-13)17(10,16)12-7(9)15/h3-4,14H,2H2,1H3,(H4,9,10,12,15,16)/t4-,17?/m1/s1. The summed E-state index contributed by atoms with van der Waals surface area (Å²) in [6.45, 7) is 1.45. The highest BCUT2D eigenvalue weighted by Crippen LogP contribution is 2.12. The Morgan fingerprint density at radius 1 is 1.82 bits per heavy atom. The molecule has 0 spiro atoms. The average Bonchev–Trinajstić information content (AvgIpc) is 2.43. The van der Waals surface area contributed by atoms with Crippen molar-refractivity contribution in [3.8, 4) is 0 Å². The van der Waals surface area contributed by atoms with Gasteiger partial charge in [0.2, 0.25) is 5.03 Å². The first-order valence-corrected chi connectivity index (χ1v) is 6.05.